The van der Waals surface area contributed by atoms with Crippen LogP contribution >= 0.6 is 38.5 Å². The third-order valence-corrected chi connectivity index (χ3v) is 6.18. The Bertz CT molecular complexity index is 1250. The summed E-state index contributed by atoms with van der Waals surface area (Å²) in [6, 6.07) is 19.3. The fourth-order valence-corrected chi connectivity index (χ4v) is 4.38. The van der Waals surface area contributed by atoms with E-state index in [1.807, 2.05) is 54.6 Å². The molecule has 0 amide bonds. The summed E-state index contributed by atoms with van der Waals surface area (Å²) in [6.45, 7) is 2.49. The molecule has 1 aliphatic heterocycles. The number of halogens is 2. The minimum absolute atomic E-state index is 0.228. The second-order valence-electron chi connectivity index (χ2n) is 7.10. The van der Waals surface area contributed by atoms with Gasteiger partial charge in [-0.1, -0.05) is 46.3 Å². The van der Waals surface area contributed by atoms with Crippen LogP contribution in [0.1, 0.15) is 22.3 Å². The number of carbonyl (C=O) groups excluding carboxylic acids is 1. The predicted octanol–water partition coefficient (Wildman–Crippen LogP) is 6.29. The number of hydrogen-bond acceptors (Lipinski definition) is 5. The maximum absolute atomic E-state index is 12.4. The van der Waals surface area contributed by atoms with Crippen molar-refractivity contribution < 1.29 is 19.0 Å². The second kappa shape index (κ2) is 9.87. The Kier molecular flexibility index (Phi) is 6.95. The lowest BCUT2D eigenvalue weighted by Gasteiger charge is -2.14. The number of esters is 1. The lowest BCUT2D eigenvalue weighted by atomic mass is 10.1. The maximum Gasteiger partial charge on any atom is 0.363 e. The summed E-state index contributed by atoms with van der Waals surface area (Å²) >= 11 is 5.62. The van der Waals surface area contributed by atoms with Crippen LogP contribution in [-0.2, 0) is 16.1 Å². The van der Waals surface area contributed by atoms with E-state index in [2.05, 4.69) is 56.5 Å². The summed E-state index contributed by atoms with van der Waals surface area (Å²) in [7, 11) is 1.59. The molecule has 0 fully saturated rings. The van der Waals surface area contributed by atoms with Crippen molar-refractivity contribution in [2.75, 3.05) is 7.11 Å². The second-order valence-corrected chi connectivity index (χ2v) is 9.17. The standard InChI is InChI=1S/C25H19BrINO4/c1-15-6-3-4-7-18(15)14-31-23-20(27)10-16(12-22(23)30-2)11-21-25(29)32-24(28-21)17-8-5-9-19(26)13-17/h3-13H,14H2,1-2H3/b21-11-. The van der Waals surface area contributed by atoms with E-state index in [9.17, 15) is 4.79 Å². The molecule has 0 spiro atoms. The number of benzene rings is 3. The quantitative estimate of drug-likeness (QED) is 0.189. The number of ether oxygens (including phenoxy) is 3. The van der Waals surface area contributed by atoms with Crippen LogP contribution in [0.4, 0.5) is 0 Å². The maximum atomic E-state index is 12.4. The van der Waals surface area contributed by atoms with E-state index < -0.39 is 5.97 Å². The molecule has 0 aliphatic carbocycles. The van der Waals surface area contributed by atoms with Crippen molar-refractivity contribution in [3.05, 3.63) is 96.7 Å². The van der Waals surface area contributed by atoms with Gasteiger partial charge in [-0.25, -0.2) is 9.79 Å². The summed E-state index contributed by atoms with van der Waals surface area (Å²) in [6.07, 6.45) is 1.68. The first-order valence-corrected chi connectivity index (χ1v) is 11.6. The van der Waals surface area contributed by atoms with Gasteiger partial charge in [-0.15, -0.1) is 0 Å². The average Bonchev–Trinajstić information content (AvgIpc) is 3.14. The highest BCUT2D eigenvalue weighted by Crippen LogP contribution is 2.35. The predicted molar refractivity (Wildman–Crippen MR) is 136 cm³/mol. The van der Waals surface area contributed by atoms with E-state index in [1.165, 1.54) is 5.56 Å². The molecule has 0 N–H and O–H groups in total. The Morgan fingerprint density at radius 1 is 1.12 bits per heavy atom. The van der Waals surface area contributed by atoms with Crippen LogP contribution in [0.3, 0.4) is 0 Å². The van der Waals surface area contributed by atoms with Gasteiger partial charge in [-0.05, 0) is 82.6 Å². The molecule has 7 heteroatoms. The minimum atomic E-state index is -0.492. The molecule has 1 aliphatic rings. The van der Waals surface area contributed by atoms with Crippen LogP contribution in [0.2, 0.25) is 0 Å². The average molecular weight is 604 g/mol. The van der Waals surface area contributed by atoms with Gasteiger partial charge in [0, 0.05) is 10.0 Å². The van der Waals surface area contributed by atoms with E-state index in [0.29, 0.717) is 18.1 Å². The number of carbonyl (C=O) groups is 1. The van der Waals surface area contributed by atoms with Crippen LogP contribution in [0.15, 0.2) is 75.8 Å². The molecule has 0 atom stereocenters. The van der Waals surface area contributed by atoms with Crippen molar-refractivity contribution in [3.8, 4) is 11.5 Å². The Hall–Kier alpha value is -2.65. The summed E-state index contributed by atoms with van der Waals surface area (Å²) < 4.78 is 18.8. The molecule has 0 radical (unpaired) electrons. The molecule has 32 heavy (non-hydrogen) atoms. The van der Waals surface area contributed by atoms with Crippen LogP contribution in [-0.4, -0.2) is 19.0 Å². The van der Waals surface area contributed by atoms with Gasteiger partial charge < -0.3 is 14.2 Å². The number of cyclic esters (lactones) is 1. The van der Waals surface area contributed by atoms with Gasteiger partial charge in [0.25, 0.3) is 0 Å². The van der Waals surface area contributed by atoms with Gasteiger partial charge in [-0.2, -0.15) is 0 Å². The molecule has 5 nitrogen and oxygen atoms in total. The summed E-state index contributed by atoms with van der Waals surface area (Å²) in [4.78, 5) is 16.7. The summed E-state index contributed by atoms with van der Waals surface area (Å²) in [5.74, 6) is 1.03. The number of nitrogens with zero attached hydrogens (tertiary/aromatic N) is 1. The zero-order chi connectivity index (χ0) is 22.7. The van der Waals surface area contributed by atoms with E-state index in [0.717, 1.165) is 24.7 Å². The highest BCUT2D eigenvalue weighted by Gasteiger charge is 2.24. The first-order chi connectivity index (χ1) is 15.4. The zero-order valence-corrected chi connectivity index (χ0v) is 21.1. The van der Waals surface area contributed by atoms with Gasteiger partial charge >= 0.3 is 5.97 Å². The van der Waals surface area contributed by atoms with E-state index in [1.54, 1.807) is 13.2 Å². The number of aryl methyl sites for hydroxylation is 1. The molecular formula is C25H19BrINO4. The topological polar surface area (TPSA) is 57.1 Å². The zero-order valence-electron chi connectivity index (χ0n) is 17.4. The fraction of sp³-hybridized carbons (Fsp3) is 0.120. The third kappa shape index (κ3) is 5.05. The Labute approximate surface area is 208 Å². The monoisotopic (exact) mass is 603 g/mol. The number of aliphatic imine (C=N–C) groups is 1. The molecule has 162 valence electrons. The first-order valence-electron chi connectivity index (χ1n) is 9.78. The smallest absolute Gasteiger partial charge is 0.363 e. The molecule has 0 saturated carbocycles. The molecule has 0 aromatic heterocycles. The van der Waals surface area contributed by atoms with E-state index >= 15 is 0 Å². The number of rotatable bonds is 6. The molecule has 3 aromatic rings. The Morgan fingerprint density at radius 2 is 1.94 bits per heavy atom. The van der Waals surface area contributed by atoms with Crippen molar-refractivity contribution in [1.29, 1.82) is 0 Å². The largest absolute Gasteiger partial charge is 0.493 e. The van der Waals surface area contributed by atoms with Crippen molar-refractivity contribution in [3.63, 3.8) is 0 Å². The number of hydrogen-bond donors (Lipinski definition) is 0. The van der Waals surface area contributed by atoms with Crippen molar-refractivity contribution in [2.24, 2.45) is 4.99 Å². The van der Waals surface area contributed by atoms with Crippen molar-refractivity contribution >= 4 is 56.5 Å². The highest BCUT2D eigenvalue weighted by atomic mass is 127. The van der Waals surface area contributed by atoms with Gasteiger partial charge in [0.2, 0.25) is 5.90 Å². The Balaban J connectivity index is 1.60. The van der Waals surface area contributed by atoms with Crippen molar-refractivity contribution in [1.82, 2.24) is 0 Å². The molecule has 3 aromatic carbocycles. The van der Waals surface area contributed by atoms with Gasteiger partial charge in [0.1, 0.15) is 6.61 Å². The van der Waals surface area contributed by atoms with Gasteiger partial charge in [0.05, 0.1) is 10.7 Å². The van der Waals surface area contributed by atoms with Crippen LogP contribution < -0.4 is 9.47 Å². The molecular weight excluding hydrogens is 585 g/mol. The molecule has 4 rings (SSSR count). The van der Waals surface area contributed by atoms with E-state index in [4.69, 9.17) is 14.2 Å². The minimum Gasteiger partial charge on any atom is -0.493 e. The fourth-order valence-electron chi connectivity index (χ4n) is 3.20. The van der Waals surface area contributed by atoms with E-state index in [-0.39, 0.29) is 11.6 Å². The molecule has 0 saturated heterocycles. The SMILES string of the molecule is COc1cc(/C=C2\N=C(c3cccc(Br)c3)OC2=O)cc(I)c1OCc1ccccc1C. The molecule has 0 bridgehead atoms. The summed E-state index contributed by atoms with van der Waals surface area (Å²) in [5, 5.41) is 0. The van der Waals surface area contributed by atoms with Crippen LogP contribution in [0, 0.1) is 10.5 Å². The van der Waals surface area contributed by atoms with Gasteiger partial charge in [0.15, 0.2) is 17.2 Å². The normalized spacial score (nSPS) is 14.3. The first kappa shape index (κ1) is 22.5. The Morgan fingerprint density at radius 3 is 2.69 bits per heavy atom. The highest BCUT2D eigenvalue weighted by molar-refractivity contribution is 14.1. The molecule has 0 unspecified atom stereocenters. The van der Waals surface area contributed by atoms with Crippen molar-refractivity contribution in [2.45, 2.75) is 13.5 Å². The van der Waals surface area contributed by atoms with Gasteiger partial charge in [-0.3, -0.25) is 0 Å². The lowest BCUT2D eigenvalue weighted by Crippen LogP contribution is -2.05. The summed E-state index contributed by atoms with van der Waals surface area (Å²) in [5.41, 5.74) is 4.00. The number of methoxy groups -OCH3 is 1. The van der Waals surface area contributed by atoms with Crippen LogP contribution in [0.5, 0.6) is 11.5 Å². The lowest BCUT2D eigenvalue weighted by molar-refractivity contribution is -0.129. The third-order valence-electron chi connectivity index (χ3n) is 4.88. The molecule has 1 heterocycles. The van der Waals surface area contributed by atoms with Crippen LogP contribution in [0.25, 0.3) is 6.08 Å².